The molecule has 0 unspecified atom stereocenters. The van der Waals surface area contributed by atoms with Gasteiger partial charge in [0.05, 0.1) is 12.6 Å². The van der Waals surface area contributed by atoms with Crippen molar-refractivity contribution in [3.63, 3.8) is 0 Å². The average molecular weight is 394 g/mol. The molecule has 0 saturated carbocycles. The Morgan fingerprint density at radius 3 is 2.87 bits per heavy atom. The molecule has 1 aromatic rings. The van der Waals surface area contributed by atoms with Crippen molar-refractivity contribution in [2.24, 2.45) is 5.92 Å². The first-order valence-corrected chi connectivity index (χ1v) is 8.04. The summed E-state index contributed by atoms with van der Waals surface area (Å²) in [6.07, 6.45) is 0.520. The third-order valence-corrected chi connectivity index (χ3v) is 4.72. The van der Waals surface area contributed by atoms with Crippen LogP contribution in [0.5, 0.6) is 0 Å². The number of nitrogens with zero attached hydrogens (tertiary/aromatic N) is 1. The second-order valence-corrected chi connectivity index (χ2v) is 6.49. The van der Waals surface area contributed by atoms with Gasteiger partial charge in [-0.25, -0.2) is 9.23 Å². The zero-order chi connectivity index (χ0) is 16.8. The van der Waals surface area contributed by atoms with Crippen molar-refractivity contribution in [2.45, 2.75) is 30.1 Å². The summed E-state index contributed by atoms with van der Waals surface area (Å²) in [5.41, 5.74) is 1.49. The minimum absolute atomic E-state index is 0.0341. The lowest BCUT2D eigenvalue weighted by molar-refractivity contribution is -0.309. The minimum atomic E-state index is -4.04. The van der Waals surface area contributed by atoms with E-state index < -0.39 is 28.6 Å². The van der Waals surface area contributed by atoms with Crippen LogP contribution in [0, 0.1) is 5.92 Å². The van der Waals surface area contributed by atoms with Crippen molar-refractivity contribution in [3.05, 3.63) is 35.4 Å². The fourth-order valence-corrected chi connectivity index (χ4v) is 3.51. The number of rotatable bonds is 3. The molecule has 0 spiro atoms. The van der Waals surface area contributed by atoms with Crippen molar-refractivity contribution in [1.82, 2.24) is 5.06 Å². The van der Waals surface area contributed by atoms with Gasteiger partial charge in [0.1, 0.15) is 5.92 Å². The third kappa shape index (κ3) is 2.56. The molecule has 2 aliphatic rings. The Morgan fingerprint density at radius 2 is 2.22 bits per heavy atom. The van der Waals surface area contributed by atoms with Crippen molar-refractivity contribution in [2.75, 3.05) is 13.2 Å². The van der Waals surface area contributed by atoms with E-state index in [4.69, 9.17) is 9.57 Å². The molecule has 1 fully saturated rings. The van der Waals surface area contributed by atoms with E-state index in [1.807, 2.05) is 28.1 Å². The molecule has 1 aromatic carbocycles. The first-order chi connectivity index (χ1) is 10.8. The van der Waals surface area contributed by atoms with Crippen LogP contribution in [-0.4, -0.2) is 34.9 Å². The van der Waals surface area contributed by atoms with Gasteiger partial charge in [0.2, 0.25) is 0 Å². The second kappa shape index (κ2) is 5.75. The maximum Gasteiger partial charge on any atom is 0.361 e. The van der Waals surface area contributed by atoms with Gasteiger partial charge in [-0.15, -0.1) is 0 Å². The molecule has 0 amide bonds. The van der Waals surface area contributed by atoms with Crippen LogP contribution in [-0.2, 0) is 20.8 Å². The quantitative estimate of drug-likeness (QED) is 0.582. The summed E-state index contributed by atoms with van der Waals surface area (Å²) < 4.78 is 47.7. The Labute approximate surface area is 139 Å². The molecule has 3 atom stereocenters. The third-order valence-electron chi connectivity index (χ3n) is 4.18. The van der Waals surface area contributed by atoms with Crippen LogP contribution in [0.1, 0.15) is 24.1 Å². The van der Waals surface area contributed by atoms with E-state index in [-0.39, 0.29) is 13.2 Å². The molecule has 126 valence electrons. The Kier molecular flexibility index (Phi) is 4.18. The molecule has 0 N–H and O–H groups in total. The van der Waals surface area contributed by atoms with E-state index in [0.717, 1.165) is 10.6 Å². The monoisotopic (exact) mass is 393 g/mol. The molecule has 0 aliphatic carbocycles. The highest BCUT2D eigenvalue weighted by Crippen LogP contribution is 2.56. The second-order valence-electron chi connectivity index (χ2n) is 5.50. The first kappa shape index (κ1) is 16.7. The van der Waals surface area contributed by atoms with Gasteiger partial charge < -0.3 is 4.74 Å². The number of esters is 1. The van der Waals surface area contributed by atoms with Crippen LogP contribution in [0.2, 0.25) is 0 Å². The average Bonchev–Trinajstić information content (AvgIpc) is 2.81. The molecule has 2 aliphatic heterocycles. The fraction of sp³-hybridized carbons (Fsp3) is 0.533. The number of hydrogen-bond acceptors (Lipinski definition) is 4. The number of carbonyl (C=O) groups is 1. The Morgan fingerprint density at radius 1 is 1.52 bits per heavy atom. The Hall–Kier alpha value is -1.12. The number of halogens is 4. The maximum atomic E-state index is 15.1. The molecule has 8 heteroatoms. The Bertz CT molecular complexity index is 624. The van der Waals surface area contributed by atoms with Gasteiger partial charge >= 0.3 is 16.7 Å². The largest absolute Gasteiger partial charge is 0.466 e. The smallest absolute Gasteiger partial charge is 0.361 e. The number of alkyl halides is 4. The summed E-state index contributed by atoms with van der Waals surface area (Å²) in [6, 6.07) is 6.10. The van der Waals surface area contributed by atoms with Gasteiger partial charge in [0.15, 0.2) is 0 Å². The zero-order valence-electron chi connectivity index (χ0n) is 12.3. The highest BCUT2D eigenvalue weighted by atomic mass is 79.9. The molecular weight excluding hydrogens is 379 g/mol. The molecule has 2 heterocycles. The number of carbonyl (C=O) groups excluding carboxylic acids is 1. The van der Waals surface area contributed by atoms with Gasteiger partial charge in [0, 0.05) is 6.54 Å². The van der Waals surface area contributed by atoms with Crippen LogP contribution in [0.15, 0.2) is 24.3 Å². The molecule has 4 nitrogen and oxygen atoms in total. The molecule has 1 saturated heterocycles. The summed E-state index contributed by atoms with van der Waals surface area (Å²) in [7, 11) is 0. The molecule has 23 heavy (non-hydrogen) atoms. The van der Waals surface area contributed by atoms with Gasteiger partial charge in [-0.3, -0.25) is 4.79 Å². The lowest BCUT2D eigenvalue weighted by atomic mass is 9.83. The van der Waals surface area contributed by atoms with Crippen LogP contribution >= 0.6 is 15.9 Å². The van der Waals surface area contributed by atoms with Crippen LogP contribution < -0.4 is 0 Å². The van der Waals surface area contributed by atoms with E-state index in [9.17, 15) is 13.6 Å². The highest BCUT2D eigenvalue weighted by Gasteiger charge is 2.71. The molecule has 3 rings (SSSR count). The predicted molar refractivity (Wildman–Crippen MR) is 78.5 cm³/mol. The molecule has 0 radical (unpaired) electrons. The number of hydrogen-bond donors (Lipinski definition) is 0. The van der Waals surface area contributed by atoms with Gasteiger partial charge in [-0.05, 0) is 40.4 Å². The van der Waals surface area contributed by atoms with Crippen molar-refractivity contribution >= 4 is 21.9 Å². The maximum absolute atomic E-state index is 15.1. The molecule has 0 aromatic heterocycles. The SMILES string of the molecule is CCOC(=O)[C@H]1[C@H]2c3ccccc3CCN2O[C@]1(F)C(F)(F)Br. The number of fused-ring (bicyclic) bond motifs is 3. The Balaban J connectivity index is 2.10. The van der Waals surface area contributed by atoms with Crippen molar-refractivity contribution < 1.29 is 27.5 Å². The van der Waals surface area contributed by atoms with Crippen LogP contribution in [0.4, 0.5) is 13.2 Å². The van der Waals surface area contributed by atoms with Gasteiger partial charge in [0.25, 0.3) is 0 Å². The van der Waals surface area contributed by atoms with Crippen LogP contribution in [0.25, 0.3) is 0 Å². The van der Waals surface area contributed by atoms with E-state index in [0.29, 0.717) is 12.0 Å². The molecular formula is C15H15BrF3NO3. The summed E-state index contributed by atoms with van der Waals surface area (Å²) >= 11 is 2.03. The van der Waals surface area contributed by atoms with Gasteiger partial charge in [-0.1, -0.05) is 24.3 Å². The first-order valence-electron chi connectivity index (χ1n) is 7.25. The lowest BCUT2D eigenvalue weighted by Crippen LogP contribution is -2.49. The van der Waals surface area contributed by atoms with Gasteiger partial charge in [-0.2, -0.15) is 13.8 Å². The van der Waals surface area contributed by atoms with E-state index in [2.05, 4.69) is 0 Å². The summed E-state index contributed by atoms with van der Waals surface area (Å²) in [5.74, 6) is -6.35. The topological polar surface area (TPSA) is 38.8 Å². The summed E-state index contributed by atoms with van der Waals surface area (Å²) in [6.45, 7) is 1.71. The summed E-state index contributed by atoms with van der Waals surface area (Å²) in [5, 5.41) is 1.12. The summed E-state index contributed by atoms with van der Waals surface area (Å²) in [4.78, 5) is 13.1. The van der Waals surface area contributed by atoms with Crippen molar-refractivity contribution in [3.8, 4) is 0 Å². The minimum Gasteiger partial charge on any atom is -0.466 e. The van der Waals surface area contributed by atoms with E-state index in [1.165, 1.54) is 6.92 Å². The highest BCUT2D eigenvalue weighted by molar-refractivity contribution is 9.10. The predicted octanol–water partition coefficient (Wildman–Crippen LogP) is 3.36. The fourth-order valence-electron chi connectivity index (χ4n) is 3.19. The van der Waals surface area contributed by atoms with Crippen molar-refractivity contribution in [1.29, 1.82) is 0 Å². The van der Waals surface area contributed by atoms with E-state index >= 15 is 4.39 Å². The zero-order valence-corrected chi connectivity index (χ0v) is 13.9. The number of benzene rings is 1. The van der Waals surface area contributed by atoms with E-state index in [1.54, 1.807) is 12.1 Å². The normalized spacial score (nSPS) is 30.7. The number of ether oxygens (including phenoxy) is 1. The molecule has 0 bridgehead atoms. The standard InChI is InChI=1S/C15H15BrF3NO3/c1-2-22-13(21)11-12-10-6-4-3-5-9(10)7-8-20(12)23-14(11,17)15(16,18)19/h3-6,11-12H,2,7-8H2,1H3/t11-,12-,14+/m1/s1. The van der Waals surface area contributed by atoms with Crippen LogP contribution in [0.3, 0.4) is 0 Å². The number of hydroxylamine groups is 2. The lowest BCUT2D eigenvalue weighted by Gasteiger charge is -2.31.